The van der Waals surface area contributed by atoms with Crippen LogP contribution in [0, 0.1) is 6.92 Å². The second-order valence-corrected chi connectivity index (χ2v) is 7.52. The van der Waals surface area contributed by atoms with E-state index in [0.29, 0.717) is 17.0 Å². The minimum atomic E-state index is -3.74. The Morgan fingerprint density at radius 1 is 1.12 bits per heavy atom. The molecule has 0 radical (unpaired) electrons. The summed E-state index contributed by atoms with van der Waals surface area (Å²) in [6.45, 7) is 7.05. The highest BCUT2D eigenvalue weighted by atomic mass is 32.2. The Kier molecular flexibility index (Phi) is 5.29. The average molecular weight is 347 g/mol. The van der Waals surface area contributed by atoms with E-state index in [-0.39, 0.29) is 16.8 Å². The Bertz CT molecular complexity index is 857. The number of rotatable bonds is 6. The standard InChI is InChI=1S/C18H21NO4S/c1-12(2)23-18-9-8-17(10-13(18)3)24(21,22)19-16-7-5-6-15(11-16)14(4)20/h5-12,19H,1-4H3. The number of Topliss-reactive ketones (excluding diaryl/α,β-unsaturated/α-hetero) is 1. The summed E-state index contributed by atoms with van der Waals surface area (Å²) in [4.78, 5) is 11.6. The number of benzene rings is 2. The van der Waals surface area contributed by atoms with Gasteiger partial charge in [-0.15, -0.1) is 0 Å². The van der Waals surface area contributed by atoms with Crippen LogP contribution < -0.4 is 9.46 Å². The van der Waals surface area contributed by atoms with Gasteiger partial charge in [0.2, 0.25) is 0 Å². The van der Waals surface area contributed by atoms with E-state index in [1.165, 1.54) is 19.1 Å². The van der Waals surface area contributed by atoms with Crippen molar-refractivity contribution in [2.24, 2.45) is 0 Å². The second-order valence-electron chi connectivity index (χ2n) is 5.84. The van der Waals surface area contributed by atoms with Gasteiger partial charge >= 0.3 is 0 Å². The fourth-order valence-electron chi connectivity index (χ4n) is 2.19. The highest BCUT2D eigenvalue weighted by molar-refractivity contribution is 7.92. The van der Waals surface area contributed by atoms with Gasteiger partial charge in [-0.3, -0.25) is 9.52 Å². The van der Waals surface area contributed by atoms with Crippen LogP contribution in [0.15, 0.2) is 47.4 Å². The first-order valence-electron chi connectivity index (χ1n) is 7.60. The Hall–Kier alpha value is -2.34. The maximum absolute atomic E-state index is 12.5. The second kappa shape index (κ2) is 7.05. The van der Waals surface area contributed by atoms with E-state index >= 15 is 0 Å². The summed E-state index contributed by atoms with van der Waals surface area (Å²) in [5.41, 5.74) is 1.54. The summed E-state index contributed by atoms with van der Waals surface area (Å²) in [5.74, 6) is 0.532. The molecule has 0 amide bonds. The fourth-order valence-corrected chi connectivity index (χ4v) is 3.33. The molecule has 24 heavy (non-hydrogen) atoms. The molecule has 0 saturated heterocycles. The van der Waals surface area contributed by atoms with Gasteiger partial charge in [0.05, 0.1) is 11.0 Å². The lowest BCUT2D eigenvalue weighted by Gasteiger charge is -2.14. The average Bonchev–Trinajstić information content (AvgIpc) is 2.48. The minimum Gasteiger partial charge on any atom is -0.491 e. The van der Waals surface area contributed by atoms with Crippen molar-refractivity contribution in [2.75, 3.05) is 4.72 Å². The normalized spacial score (nSPS) is 11.4. The lowest BCUT2D eigenvalue weighted by Crippen LogP contribution is -2.14. The van der Waals surface area contributed by atoms with Crippen LogP contribution in [-0.4, -0.2) is 20.3 Å². The molecule has 0 aliphatic heterocycles. The van der Waals surface area contributed by atoms with Gasteiger partial charge in [0.25, 0.3) is 10.0 Å². The van der Waals surface area contributed by atoms with E-state index in [0.717, 1.165) is 5.56 Å². The molecule has 0 unspecified atom stereocenters. The van der Waals surface area contributed by atoms with Crippen LogP contribution in [0.4, 0.5) is 5.69 Å². The van der Waals surface area contributed by atoms with Crippen molar-refractivity contribution in [1.82, 2.24) is 0 Å². The number of nitrogens with one attached hydrogen (secondary N) is 1. The van der Waals surface area contributed by atoms with Gasteiger partial charge < -0.3 is 4.74 Å². The number of hydrogen-bond acceptors (Lipinski definition) is 4. The van der Waals surface area contributed by atoms with E-state index < -0.39 is 10.0 Å². The Morgan fingerprint density at radius 2 is 1.83 bits per heavy atom. The molecule has 0 fully saturated rings. The molecule has 5 nitrogen and oxygen atoms in total. The van der Waals surface area contributed by atoms with Crippen molar-refractivity contribution in [3.8, 4) is 5.75 Å². The lowest BCUT2D eigenvalue weighted by molar-refractivity contribution is 0.101. The summed E-state index contributed by atoms with van der Waals surface area (Å²) in [5, 5.41) is 0. The van der Waals surface area contributed by atoms with E-state index in [9.17, 15) is 13.2 Å². The van der Waals surface area contributed by atoms with Gasteiger partial charge in [-0.05, 0) is 63.6 Å². The van der Waals surface area contributed by atoms with E-state index in [1.807, 2.05) is 13.8 Å². The first kappa shape index (κ1) is 18.0. The molecule has 128 valence electrons. The van der Waals surface area contributed by atoms with Crippen LogP contribution >= 0.6 is 0 Å². The molecule has 0 heterocycles. The van der Waals surface area contributed by atoms with Gasteiger partial charge in [-0.25, -0.2) is 8.42 Å². The highest BCUT2D eigenvalue weighted by Gasteiger charge is 2.16. The zero-order valence-electron chi connectivity index (χ0n) is 14.2. The third kappa shape index (κ3) is 4.35. The maximum Gasteiger partial charge on any atom is 0.261 e. The molecule has 6 heteroatoms. The van der Waals surface area contributed by atoms with Crippen LogP contribution in [0.25, 0.3) is 0 Å². The molecule has 0 aliphatic rings. The number of anilines is 1. The van der Waals surface area contributed by atoms with Crippen molar-refractivity contribution in [3.63, 3.8) is 0 Å². The zero-order chi connectivity index (χ0) is 17.9. The third-order valence-corrected chi connectivity index (χ3v) is 4.72. The van der Waals surface area contributed by atoms with Gasteiger partial charge in [0.1, 0.15) is 5.75 Å². The number of ether oxygens (including phenoxy) is 1. The lowest BCUT2D eigenvalue weighted by atomic mass is 10.1. The summed E-state index contributed by atoms with van der Waals surface area (Å²) < 4.78 is 33.2. The SMILES string of the molecule is CC(=O)c1cccc(NS(=O)(=O)c2ccc(OC(C)C)c(C)c2)c1. The zero-order valence-corrected chi connectivity index (χ0v) is 15.0. The minimum absolute atomic E-state index is 0.0126. The number of aryl methyl sites for hydroxylation is 1. The van der Waals surface area contributed by atoms with Crippen LogP contribution in [0.3, 0.4) is 0 Å². The van der Waals surface area contributed by atoms with Crippen molar-refractivity contribution in [3.05, 3.63) is 53.6 Å². The molecule has 0 saturated carbocycles. The Balaban J connectivity index is 2.29. The van der Waals surface area contributed by atoms with E-state index in [2.05, 4.69) is 4.72 Å². The first-order valence-corrected chi connectivity index (χ1v) is 9.08. The predicted molar refractivity (Wildman–Crippen MR) is 94.2 cm³/mol. The smallest absolute Gasteiger partial charge is 0.261 e. The molecule has 0 aromatic heterocycles. The van der Waals surface area contributed by atoms with Crippen molar-refractivity contribution < 1.29 is 17.9 Å². The topological polar surface area (TPSA) is 72.5 Å². The highest BCUT2D eigenvalue weighted by Crippen LogP contribution is 2.24. The van der Waals surface area contributed by atoms with Gasteiger partial charge in [-0.2, -0.15) is 0 Å². The van der Waals surface area contributed by atoms with E-state index in [1.54, 1.807) is 37.3 Å². The first-order chi connectivity index (χ1) is 11.2. The molecule has 0 aliphatic carbocycles. The van der Waals surface area contributed by atoms with Crippen LogP contribution in [0.1, 0.15) is 36.7 Å². The molecule has 2 aromatic carbocycles. The number of carbonyl (C=O) groups excluding carboxylic acids is 1. The predicted octanol–water partition coefficient (Wildman–Crippen LogP) is 3.79. The van der Waals surface area contributed by atoms with E-state index in [4.69, 9.17) is 4.74 Å². The number of carbonyl (C=O) groups is 1. The molecular weight excluding hydrogens is 326 g/mol. The van der Waals surface area contributed by atoms with Gasteiger partial charge in [0.15, 0.2) is 5.78 Å². The van der Waals surface area contributed by atoms with Crippen LogP contribution in [-0.2, 0) is 10.0 Å². The Labute approximate surface area is 142 Å². The molecule has 2 aromatic rings. The van der Waals surface area contributed by atoms with Crippen molar-refractivity contribution in [2.45, 2.75) is 38.7 Å². The van der Waals surface area contributed by atoms with Crippen LogP contribution in [0.5, 0.6) is 5.75 Å². The monoisotopic (exact) mass is 347 g/mol. The molecule has 2 rings (SSSR count). The number of ketones is 1. The summed E-state index contributed by atoms with van der Waals surface area (Å²) in [6.07, 6.45) is 0.0126. The van der Waals surface area contributed by atoms with Crippen molar-refractivity contribution in [1.29, 1.82) is 0 Å². The Morgan fingerprint density at radius 3 is 2.42 bits per heavy atom. The van der Waals surface area contributed by atoms with Gasteiger partial charge in [0, 0.05) is 11.3 Å². The van der Waals surface area contributed by atoms with Crippen LogP contribution in [0.2, 0.25) is 0 Å². The molecule has 0 bridgehead atoms. The summed E-state index contributed by atoms with van der Waals surface area (Å²) in [6, 6.07) is 11.1. The molecule has 0 spiro atoms. The summed E-state index contributed by atoms with van der Waals surface area (Å²) in [7, 11) is -3.74. The number of sulfonamides is 1. The maximum atomic E-state index is 12.5. The van der Waals surface area contributed by atoms with Crippen molar-refractivity contribution >= 4 is 21.5 Å². The molecule has 1 N–H and O–H groups in total. The summed E-state index contributed by atoms with van der Waals surface area (Å²) >= 11 is 0. The largest absolute Gasteiger partial charge is 0.491 e. The molecular formula is C18H21NO4S. The van der Waals surface area contributed by atoms with Gasteiger partial charge in [-0.1, -0.05) is 12.1 Å². The quantitative estimate of drug-likeness (QED) is 0.807. The molecule has 0 atom stereocenters. The fraction of sp³-hybridized carbons (Fsp3) is 0.278. The third-order valence-electron chi connectivity index (χ3n) is 3.34. The number of hydrogen-bond donors (Lipinski definition) is 1.